The Labute approximate surface area is 207 Å². The molecule has 0 bridgehead atoms. The highest BCUT2D eigenvalue weighted by atomic mass is 16.5. The van der Waals surface area contributed by atoms with Crippen molar-refractivity contribution < 1.29 is 29.3 Å². The Morgan fingerprint density at radius 2 is 1.57 bits per heavy atom. The highest BCUT2D eigenvalue weighted by Crippen LogP contribution is 2.28. The standard InChI is InChI=1S/C25H34N2O2.C2H2O4/c1-3-9-22-12-13-24(25(20-22)28-2)29-19-8-7-14-26-15-17-27(18-16-26)21-23-10-5-4-6-11-23;3-1(4)2(5)6/h3-6,9-13,20H,7-8,14-19,21H2,1-2H3;(H,3,4)(H,5,6). The lowest BCUT2D eigenvalue weighted by Crippen LogP contribution is -2.46. The van der Waals surface area contributed by atoms with E-state index in [9.17, 15) is 0 Å². The number of rotatable bonds is 10. The molecule has 2 aromatic rings. The summed E-state index contributed by atoms with van der Waals surface area (Å²) in [6.45, 7) is 9.59. The lowest BCUT2D eigenvalue weighted by atomic mass is 10.2. The van der Waals surface area contributed by atoms with Crippen LogP contribution in [-0.4, -0.2) is 78.4 Å². The first kappa shape index (κ1) is 27.9. The van der Waals surface area contributed by atoms with Crippen molar-refractivity contribution in [3.05, 3.63) is 65.7 Å². The van der Waals surface area contributed by atoms with Gasteiger partial charge in [-0.1, -0.05) is 48.6 Å². The van der Waals surface area contributed by atoms with Crippen LogP contribution in [0.4, 0.5) is 0 Å². The summed E-state index contributed by atoms with van der Waals surface area (Å²) < 4.78 is 11.4. The topological polar surface area (TPSA) is 99.5 Å². The lowest BCUT2D eigenvalue weighted by Gasteiger charge is -2.34. The molecule has 0 unspecified atom stereocenters. The number of carbonyl (C=O) groups is 2. The van der Waals surface area contributed by atoms with Crippen LogP contribution in [0, 0.1) is 0 Å². The average molecular weight is 485 g/mol. The third-order valence-electron chi connectivity index (χ3n) is 5.57. The number of benzene rings is 2. The van der Waals surface area contributed by atoms with Crippen molar-refractivity contribution in [1.29, 1.82) is 0 Å². The smallest absolute Gasteiger partial charge is 0.414 e. The molecule has 8 heteroatoms. The van der Waals surface area contributed by atoms with E-state index in [0.717, 1.165) is 75.8 Å². The molecule has 1 fully saturated rings. The molecule has 0 saturated carbocycles. The summed E-state index contributed by atoms with van der Waals surface area (Å²) in [5.74, 6) is -2.02. The first-order valence-electron chi connectivity index (χ1n) is 11.8. The van der Waals surface area contributed by atoms with Crippen LogP contribution in [0.5, 0.6) is 11.5 Å². The van der Waals surface area contributed by atoms with Crippen molar-refractivity contribution in [2.45, 2.75) is 26.3 Å². The van der Waals surface area contributed by atoms with Gasteiger partial charge < -0.3 is 24.6 Å². The second-order valence-electron chi connectivity index (χ2n) is 8.18. The molecular weight excluding hydrogens is 448 g/mol. The highest BCUT2D eigenvalue weighted by Gasteiger charge is 2.16. The maximum atomic E-state index is 9.10. The second kappa shape index (κ2) is 15.5. The predicted octanol–water partition coefficient (Wildman–Crippen LogP) is 3.86. The molecule has 1 heterocycles. The molecule has 0 aliphatic carbocycles. The number of hydrogen-bond donors (Lipinski definition) is 2. The first-order valence-corrected chi connectivity index (χ1v) is 11.8. The van der Waals surface area contributed by atoms with Crippen LogP contribution in [0.2, 0.25) is 0 Å². The predicted molar refractivity (Wildman–Crippen MR) is 136 cm³/mol. The number of piperazine rings is 1. The number of aliphatic carboxylic acids is 2. The van der Waals surface area contributed by atoms with Gasteiger partial charge in [-0.25, -0.2) is 9.59 Å². The molecule has 1 aliphatic heterocycles. The Balaban J connectivity index is 0.000000641. The molecule has 35 heavy (non-hydrogen) atoms. The fourth-order valence-electron chi connectivity index (χ4n) is 3.73. The van der Waals surface area contributed by atoms with Crippen LogP contribution in [0.3, 0.4) is 0 Å². The first-order chi connectivity index (χ1) is 16.9. The third-order valence-corrected chi connectivity index (χ3v) is 5.57. The van der Waals surface area contributed by atoms with E-state index >= 15 is 0 Å². The third kappa shape index (κ3) is 10.6. The van der Waals surface area contributed by atoms with Crippen LogP contribution >= 0.6 is 0 Å². The Morgan fingerprint density at radius 1 is 0.914 bits per heavy atom. The fraction of sp³-hybridized carbons (Fsp3) is 0.407. The molecule has 0 atom stereocenters. The van der Waals surface area contributed by atoms with Crippen molar-refractivity contribution >= 4 is 18.0 Å². The molecule has 0 aromatic heterocycles. The SMILES string of the molecule is CC=Cc1ccc(OCCCCN2CCN(Cc3ccccc3)CC2)c(OC)c1.O=C(O)C(=O)O. The van der Waals surface area contributed by atoms with Gasteiger partial charge in [0.15, 0.2) is 11.5 Å². The molecule has 0 amide bonds. The van der Waals surface area contributed by atoms with Gasteiger partial charge in [0.1, 0.15) is 0 Å². The molecular formula is C27H36N2O6. The van der Waals surface area contributed by atoms with Gasteiger partial charge in [0, 0.05) is 32.7 Å². The molecule has 2 N–H and O–H groups in total. The van der Waals surface area contributed by atoms with Crippen molar-refractivity contribution in [1.82, 2.24) is 9.80 Å². The van der Waals surface area contributed by atoms with Crippen molar-refractivity contribution in [2.75, 3.05) is 46.4 Å². The average Bonchev–Trinajstić information content (AvgIpc) is 2.86. The summed E-state index contributed by atoms with van der Waals surface area (Å²) in [7, 11) is 1.69. The zero-order valence-electron chi connectivity index (χ0n) is 20.6. The summed E-state index contributed by atoms with van der Waals surface area (Å²) in [5, 5.41) is 14.8. The van der Waals surface area contributed by atoms with Gasteiger partial charge in [-0.05, 0) is 49.6 Å². The number of allylic oxidation sites excluding steroid dienone is 1. The van der Waals surface area contributed by atoms with E-state index in [2.05, 4.69) is 52.3 Å². The molecule has 190 valence electrons. The van der Waals surface area contributed by atoms with Crippen LogP contribution in [0.25, 0.3) is 6.08 Å². The summed E-state index contributed by atoms with van der Waals surface area (Å²) >= 11 is 0. The minimum absolute atomic E-state index is 0.729. The van der Waals surface area contributed by atoms with Crippen LogP contribution < -0.4 is 9.47 Å². The van der Waals surface area contributed by atoms with Crippen molar-refractivity contribution in [3.8, 4) is 11.5 Å². The number of hydrogen-bond acceptors (Lipinski definition) is 6. The molecule has 8 nitrogen and oxygen atoms in total. The summed E-state index contributed by atoms with van der Waals surface area (Å²) in [6.07, 6.45) is 6.31. The van der Waals surface area contributed by atoms with E-state index in [1.807, 2.05) is 25.1 Å². The minimum atomic E-state index is -1.82. The molecule has 0 spiro atoms. The van der Waals surface area contributed by atoms with E-state index < -0.39 is 11.9 Å². The Hall–Kier alpha value is -3.36. The quantitative estimate of drug-likeness (QED) is 0.387. The second-order valence-corrected chi connectivity index (χ2v) is 8.18. The van der Waals surface area contributed by atoms with Crippen LogP contribution in [0.1, 0.15) is 30.9 Å². The van der Waals surface area contributed by atoms with Crippen molar-refractivity contribution in [3.63, 3.8) is 0 Å². The largest absolute Gasteiger partial charge is 0.493 e. The molecule has 2 aromatic carbocycles. The van der Waals surface area contributed by atoms with Gasteiger partial charge in [-0.15, -0.1) is 0 Å². The highest BCUT2D eigenvalue weighted by molar-refractivity contribution is 6.27. The Bertz CT molecular complexity index is 928. The number of methoxy groups -OCH3 is 1. The maximum Gasteiger partial charge on any atom is 0.414 e. The summed E-state index contributed by atoms with van der Waals surface area (Å²) in [4.78, 5) is 23.3. The minimum Gasteiger partial charge on any atom is -0.493 e. The fourth-order valence-corrected chi connectivity index (χ4v) is 3.73. The van der Waals surface area contributed by atoms with E-state index in [1.54, 1.807) is 7.11 Å². The van der Waals surface area contributed by atoms with Crippen LogP contribution in [0.15, 0.2) is 54.6 Å². The number of nitrogens with zero attached hydrogens (tertiary/aromatic N) is 2. The molecule has 3 rings (SSSR count). The van der Waals surface area contributed by atoms with Gasteiger partial charge in [-0.3, -0.25) is 4.90 Å². The molecule has 0 radical (unpaired) electrons. The zero-order chi connectivity index (χ0) is 25.5. The van der Waals surface area contributed by atoms with Gasteiger partial charge >= 0.3 is 11.9 Å². The van der Waals surface area contributed by atoms with Crippen molar-refractivity contribution in [2.24, 2.45) is 0 Å². The van der Waals surface area contributed by atoms with E-state index in [0.29, 0.717) is 0 Å². The maximum absolute atomic E-state index is 9.10. The Morgan fingerprint density at radius 3 is 2.17 bits per heavy atom. The van der Waals surface area contributed by atoms with Crippen LogP contribution in [-0.2, 0) is 16.1 Å². The zero-order valence-corrected chi connectivity index (χ0v) is 20.6. The molecule has 1 saturated heterocycles. The van der Waals surface area contributed by atoms with E-state index in [4.69, 9.17) is 29.3 Å². The normalized spacial score (nSPS) is 14.2. The van der Waals surface area contributed by atoms with E-state index in [-0.39, 0.29) is 0 Å². The number of carboxylic acid groups (broad SMARTS) is 2. The number of carboxylic acids is 2. The summed E-state index contributed by atoms with van der Waals surface area (Å²) in [6, 6.07) is 16.8. The lowest BCUT2D eigenvalue weighted by molar-refractivity contribution is -0.159. The van der Waals surface area contributed by atoms with E-state index in [1.165, 1.54) is 5.56 Å². The van der Waals surface area contributed by atoms with Gasteiger partial charge in [0.25, 0.3) is 0 Å². The van der Waals surface area contributed by atoms with Gasteiger partial charge in [-0.2, -0.15) is 0 Å². The van der Waals surface area contributed by atoms with Gasteiger partial charge in [0.2, 0.25) is 0 Å². The monoisotopic (exact) mass is 484 g/mol. The molecule has 1 aliphatic rings. The number of unbranched alkanes of at least 4 members (excludes halogenated alkanes) is 1. The van der Waals surface area contributed by atoms with Gasteiger partial charge in [0.05, 0.1) is 13.7 Å². The summed E-state index contributed by atoms with van der Waals surface area (Å²) in [5.41, 5.74) is 2.54. The Kier molecular flexibility index (Phi) is 12.4. The number of ether oxygens (including phenoxy) is 2.